The van der Waals surface area contributed by atoms with Gasteiger partial charge in [-0.3, -0.25) is 4.79 Å². The second kappa shape index (κ2) is 5.16. The highest BCUT2D eigenvalue weighted by Crippen LogP contribution is 2.08. The van der Waals surface area contributed by atoms with Crippen LogP contribution in [0, 0.1) is 0 Å². The normalized spacial score (nSPS) is 13.5. The van der Waals surface area contributed by atoms with Crippen LogP contribution >= 0.6 is 0 Å². The molecule has 4 heteroatoms. The van der Waals surface area contributed by atoms with E-state index in [2.05, 4.69) is 5.32 Å². The Kier molecular flexibility index (Phi) is 4.12. The van der Waals surface area contributed by atoms with Crippen LogP contribution in [0.4, 0.5) is 0 Å². The average molecular weight is 224 g/mol. The number of nitrogens with two attached hydrogens (primary N) is 1. The molecule has 0 fully saturated rings. The molecule has 90 valence electrons. The molecule has 4 nitrogen and oxygen atoms in total. The van der Waals surface area contributed by atoms with Gasteiger partial charge in [-0.05, 0) is 32.9 Å². The van der Waals surface area contributed by atoms with E-state index in [0.29, 0.717) is 12.8 Å². The number of carbonyl (C=O) groups excluding carboxylic acids is 1. The minimum absolute atomic E-state index is 0.00120. The van der Waals surface area contributed by atoms with Crippen molar-refractivity contribution in [1.29, 1.82) is 0 Å². The summed E-state index contributed by atoms with van der Waals surface area (Å²) in [5.41, 5.74) is 5.40. The molecule has 3 N–H and O–H groups in total. The highest BCUT2D eigenvalue weighted by Gasteiger charge is 2.24. The van der Waals surface area contributed by atoms with Crippen molar-refractivity contribution >= 4 is 5.91 Å². The number of nitrogens with one attached hydrogen (secondary N) is 1. The van der Waals surface area contributed by atoms with E-state index < -0.39 is 0 Å². The minimum Gasteiger partial charge on any atom is -0.469 e. The van der Waals surface area contributed by atoms with Gasteiger partial charge in [0.2, 0.25) is 5.91 Å². The Morgan fingerprint density at radius 1 is 1.62 bits per heavy atom. The molecule has 1 heterocycles. The van der Waals surface area contributed by atoms with Gasteiger partial charge in [-0.15, -0.1) is 0 Å². The lowest BCUT2D eigenvalue weighted by molar-refractivity contribution is -0.122. The standard InChI is InChI=1S/C12H20N2O2/c1-9(13)12(2,3)14-11(15)7-6-10-5-4-8-16-10/h4-5,8-9H,6-7,13H2,1-3H3,(H,14,15). The van der Waals surface area contributed by atoms with Gasteiger partial charge in [-0.1, -0.05) is 0 Å². The maximum Gasteiger partial charge on any atom is 0.220 e. The van der Waals surface area contributed by atoms with Crippen LogP contribution in [0.3, 0.4) is 0 Å². The topological polar surface area (TPSA) is 68.3 Å². The largest absolute Gasteiger partial charge is 0.469 e. The van der Waals surface area contributed by atoms with E-state index in [9.17, 15) is 4.79 Å². The Morgan fingerprint density at radius 2 is 2.31 bits per heavy atom. The SMILES string of the molecule is CC(N)C(C)(C)NC(=O)CCc1ccco1. The number of furan rings is 1. The molecule has 0 bridgehead atoms. The van der Waals surface area contributed by atoms with E-state index >= 15 is 0 Å². The van der Waals surface area contributed by atoms with E-state index in [0.717, 1.165) is 5.76 Å². The van der Waals surface area contributed by atoms with E-state index in [1.165, 1.54) is 0 Å². The van der Waals surface area contributed by atoms with Gasteiger partial charge in [0.15, 0.2) is 0 Å². The van der Waals surface area contributed by atoms with Crippen molar-refractivity contribution in [3.05, 3.63) is 24.2 Å². The van der Waals surface area contributed by atoms with Crippen molar-refractivity contribution in [2.24, 2.45) is 5.73 Å². The van der Waals surface area contributed by atoms with Crippen LogP contribution in [0.25, 0.3) is 0 Å². The fourth-order valence-electron chi connectivity index (χ4n) is 1.23. The zero-order valence-electron chi connectivity index (χ0n) is 10.1. The fraction of sp³-hybridized carbons (Fsp3) is 0.583. The third-order valence-electron chi connectivity index (χ3n) is 2.78. The third kappa shape index (κ3) is 3.70. The lowest BCUT2D eigenvalue weighted by atomic mass is 9.96. The summed E-state index contributed by atoms with van der Waals surface area (Å²) in [4.78, 5) is 11.6. The van der Waals surface area contributed by atoms with Crippen molar-refractivity contribution in [2.75, 3.05) is 0 Å². The second-order valence-corrected chi connectivity index (χ2v) is 4.64. The summed E-state index contributed by atoms with van der Waals surface area (Å²) in [5, 5.41) is 2.91. The summed E-state index contributed by atoms with van der Waals surface area (Å²) in [6.07, 6.45) is 2.65. The summed E-state index contributed by atoms with van der Waals surface area (Å²) in [5.74, 6) is 0.826. The molecule has 0 aliphatic heterocycles. The monoisotopic (exact) mass is 224 g/mol. The van der Waals surface area contributed by atoms with Gasteiger partial charge in [0, 0.05) is 24.4 Å². The van der Waals surface area contributed by atoms with Crippen LogP contribution < -0.4 is 11.1 Å². The molecule has 0 radical (unpaired) electrons. The van der Waals surface area contributed by atoms with Crippen molar-refractivity contribution < 1.29 is 9.21 Å². The van der Waals surface area contributed by atoms with Gasteiger partial charge in [0.05, 0.1) is 6.26 Å². The molecule has 0 saturated heterocycles. The number of aryl methyl sites for hydroxylation is 1. The van der Waals surface area contributed by atoms with Gasteiger partial charge in [-0.25, -0.2) is 0 Å². The quantitative estimate of drug-likeness (QED) is 0.795. The Morgan fingerprint density at radius 3 is 2.81 bits per heavy atom. The number of amides is 1. The molecule has 0 spiro atoms. The summed E-state index contributed by atoms with van der Waals surface area (Å²) >= 11 is 0. The molecule has 0 aliphatic rings. The van der Waals surface area contributed by atoms with Crippen LogP contribution in [-0.2, 0) is 11.2 Å². The summed E-state index contributed by atoms with van der Waals surface area (Å²) in [7, 11) is 0. The van der Waals surface area contributed by atoms with Crippen LogP contribution in [0.15, 0.2) is 22.8 Å². The van der Waals surface area contributed by atoms with Gasteiger partial charge in [0.25, 0.3) is 0 Å². The van der Waals surface area contributed by atoms with Crippen molar-refractivity contribution in [1.82, 2.24) is 5.32 Å². The molecule has 1 rings (SSSR count). The second-order valence-electron chi connectivity index (χ2n) is 4.64. The lowest BCUT2D eigenvalue weighted by Crippen LogP contribution is -2.54. The van der Waals surface area contributed by atoms with Gasteiger partial charge in [-0.2, -0.15) is 0 Å². The number of hydrogen-bond donors (Lipinski definition) is 2. The first-order chi connectivity index (χ1) is 7.42. The Labute approximate surface area is 96.2 Å². The van der Waals surface area contributed by atoms with Crippen LogP contribution in [0.2, 0.25) is 0 Å². The molecule has 1 atom stereocenters. The molecular weight excluding hydrogens is 204 g/mol. The zero-order chi connectivity index (χ0) is 12.2. The van der Waals surface area contributed by atoms with Crippen LogP contribution in [0.5, 0.6) is 0 Å². The highest BCUT2D eigenvalue weighted by atomic mass is 16.3. The smallest absolute Gasteiger partial charge is 0.220 e. The molecule has 0 aromatic carbocycles. The predicted octanol–water partition coefficient (Wildman–Crippen LogP) is 1.45. The van der Waals surface area contributed by atoms with Crippen LogP contribution in [-0.4, -0.2) is 17.5 Å². The Bertz CT molecular complexity index is 329. The summed E-state index contributed by atoms with van der Waals surface area (Å²) in [6.45, 7) is 5.72. The first kappa shape index (κ1) is 12.8. The van der Waals surface area contributed by atoms with E-state index in [-0.39, 0.29) is 17.5 Å². The van der Waals surface area contributed by atoms with Crippen molar-refractivity contribution in [2.45, 2.75) is 45.2 Å². The maximum atomic E-state index is 11.6. The Hall–Kier alpha value is -1.29. The molecular formula is C12H20N2O2. The van der Waals surface area contributed by atoms with Gasteiger partial charge >= 0.3 is 0 Å². The Balaban J connectivity index is 2.36. The molecule has 1 aromatic heterocycles. The van der Waals surface area contributed by atoms with Gasteiger partial charge in [0.1, 0.15) is 5.76 Å². The molecule has 16 heavy (non-hydrogen) atoms. The maximum absolute atomic E-state index is 11.6. The predicted molar refractivity (Wildman–Crippen MR) is 62.9 cm³/mol. The third-order valence-corrected chi connectivity index (χ3v) is 2.78. The van der Waals surface area contributed by atoms with E-state index in [1.807, 2.05) is 32.9 Å². The number of hydrogen-bond acceptors (Lipinski definition) is 3. The average Bonchev–Trinajstić information content (AvgIpc) is 2.66. The zero-order valence-corrected chi connectivity index (χ0v) is 10.1. The molecule has 0 aliphatic carbocycles. The summed E-state index contributed by atoms with van der Waals surface area (Å²) < 4.78 is 5.16. The highest BCUT2D eigenvalue weighted by molar-refractivity contribution is 5.77. The van der Waals surface area contributed by atoms with Gasteiger partial charge < -0.3 is 15.5 Å². The lowest BCUT2D eigenvalue weighted by Gasteiger charge is -2.30. The first-order valence-electron chi connectivity index (χ1n) is 5.51. The molecule has 0 saturated carbocycles. The number of carbonyl (C=O) groups is 1. The fourth-order valence-corrected chi connectivity index (χ4v) is 1.23. The molecule has 1 aromatic rings. The molecule has 1 amide bonds. The van der Waals surface area contributed by atoms with E-state index in [1.54, 1.807) is 6.26 Å². The molecule has 1 unspecified atom stereocenters. The van der Waals surface area contributed by atoms with Crippen LogP contribution in [0.1, 0.15) is 33.0 Å². The van der Waals surface area contributed by atoms with Crippen molar-refractivity contribution in [3.63, 3.8) is 0 Å². The number of rotatable bonds is 5. The summed E-state index contributed by atoms with van der Waals surface area (Å²) in [6, 6.07) is 3.60. The van der Waals surface area contributed by atoms with E-state index in [4.69, 9.17) is 10.2 Å². The van der Waals surface area contributed by atoms with Crippen molar-refractivity contribution in [3.8, 4) is 0 Å². The minimum atomic E-state index is -0.375. The first-order valence-corrected chi connectivity index (χ1v) is 5.51.